The molecule has 4 rings (SSSR count). The minimum atomic E-state index is -0.389. The van der Waals surface area contributed by atoms with Gasteiger partial charge in [0.25, 0.3) is 11.8 Å². The summed E-state index contributed by atoms with van der Waals surface area (Å²) in [5, 5.41) is 2.87. The van der Waals surface area contributed by atoms with Crippen LogP contribution in [0.1, 0.15) is 40.3 Å². The van der Waals surface area contributed by atoms with E-state index in [4.69, 9.17) is 9.15 Å². The smallest absolute Gasteiger partial charge is 0.274 e. The number of hydrogen-bond donors (Lipinski definition) is 1. The van der Waals surface area contributed by atoms with Crippen molar-refractivity contribution in [3.05, 3.63) is 102 Å². The molecule has 0 atom stereocenters. The van der Waals surface area contributed by atoms with Crippen molar-refractivity contribution in [2.45, 2.75) is 20.4 Å². The number of carbonyl (C=O) groups excluding carboxylic acids is 2. The van der Waals surface area contributed by atoms with Gasteiger partial charge in [-0.2, -0.15) is 0 Å². The molecule has 0 saturated carbocycles. The van der Waals surface area contributed by atoms with E-state index in [0.29, 0.717) is 30.8 Å². The van der Waals surface area contributed by atoms with Gasteiger partial charge in [0.1, 0.15) is 5.75 Å². The molecule has 4 aromatic rings. The fourth-order valence-electron chi connectivity index (χ4n) is 3.80. The second-order valence-electron chi connectivity index (χ2n) is 7.72. The van der Waals surface area contributed by atoms with Gasteiger partial charge in [0.2, 0.25) is 0 Å². The van der Waals surface area contributed by atoms with Gasteiger partial charge in [0.05, 0.1) is 12.2 Å². The van der Waals surface area contributed by atoms with Gasteiger partial charge in [0.15, 0.2) is 17.8 Å². The molecule has 0 aliphatic carbocycles. The van der Waals surface area contributed by atoms with Gasteiger partial charge >= 0.3 is 0 Å². The number of nitrogens with zero attached hydrogens (tertiary/aromatic N) is 2. The van der Waals surface area contributed by atoms with Crippen molar-refractivity contribution >= 4 is 17.5 Å². The first-order valence-electron chi connectivity index (χ1n) is 11.5. The Kier molecular flexibility index (Phi) is 7.57. The summed E-state index contributed by atoms with van der Waals surface area (Å²) in [6.45, 7) is 5.24. The zero-order chi connectivity index (χ0) is 24.6. The van der Waals surface area contributed by atoms with Gasteiger partial charge < -0.3 is 19.4 Å². The van der Waals surface area contributed by atoms with Crippen LogP contribution in [0.15, 0.2) is 89.7 Å². The van der Waals surface area contributed by atoms with Gasteiger partial charge in [-0.05, 0) is 49.7 Å². The topological polar surface area (TPSA) is 84.7 Å². The van der Waals surface area contributed by atoms with Crippen molar-refractivity contribution in [3.63, 3.8) is 0 Å². The first-order chi connectivity index (χ1) is 17.1. The summed E-state index contributed by atoms with van der Waals surface area (Å²) >= 11 is 0. The standard InChI is InChI=1S/C28H27N3O4/c1-3-31(21-10-6-5-7-11-21)28(33)24-13-9-8-12-23(24)26-25(30-19-35-26)27(32)29-18-20-14-16-22(17-15-20)34-4-2/h5-17,19H,3-4,18H2,1-2H3,(H,29,32). The predicted octanol–water partition coefficient (Wildman–Crippen LogP) is 5.34. The summed E-state index contributed by atoms with van der Waals surface area (Å²) < 4.78 is 11.1. The predicted molar refractivity (Wildman–Crippen MR) is 135 cm³/mol. The number of amides is 2. The molecule has 3 aromatic carbocycles. The summed E-state index contributed by atoms with van der Waals surface area (Å²) in [4.78, 5) is 32.3. The van der Waals surface area contributed by atoms with Crippen molar-refractivity contribution in [1.29, 1.82) is 0 Å². The number of aromatic nitrogens is 1. The first kappa shape index (κ1) is 23.8. The van der Waals surface area contributed by atoms with Crippen LogP contribution < -0.4 is 15.0 Å². The lowest BCUT2D eigenvalue weighted by Gasteiger charge is -2.22. The van der Waals surface area contributed by atoms with E-state index in [2.05, 4.69) is 10.3 Å². The molecular formula is C28H27N3O4. The number of nitrogens with one attached hydrogen (secondary N) is 1. The molecule has 0 bridgehead atoms. The Hall–Kier alpha value is -4.39. The van der Waals surface area contributed by atoms with Crippen LogP contribution in [-0.4, -0.2) is 29.9 Å². The molecule has 7 nitrogen and oxygen atoms in total. The minimum absolute atomic E-state index is 0.124. The maximum Gasteiger partial charge on any atom is 0.274 e. The van der Waals surface area contributed by atoms with Crippen LogP contribution in [-0.2, 0) is 6.54 Å². The Morgan fingerprint density at radius 3 is 2.37 bits per heavy atom. The summed E-state index contributed by atoms with van der Waals surface area (Å²) in [6.07, 6.45) is 1.22. The number of hydrogen-bond acceptors (Lipinski definition) is 5. The maximum absolute atomic E-state index is 13.5. The van der Waals surface area contributed by atoms with Crippen molar-refractivity contribution in [3.8, 4) is 17.1 Å². The highest BCUT2D eigenvalue weighted by atomic mass is 16.5. The van der Waals surface area contributed by atoms with E-state index in [0.717, 1.165) is 17.0 Å². The molecule has 35 heavy (non-hydrogen) atoms. The fourth-order valence-corrected chi connectivity index (χ4v) is 3.80. The van der Waals surface area contributed by atoms with Crippen molar-refractivity contribution in [2.24, 2.45) is 0 Å². The normalized spacial score (nSPS) is 10.6. The Morgan fingerprint density at radius 2 is 1.66 bits per heavy atom. The monoisotopic (exact) mass is 469 g/mol. The van der Waals surface area contributed by atoms with Gasteiger partial charge in [-0.15, -0.1) is 0 Å². The average Bonchev–Trinajstić information content (AvgIpc) is 3.39. The van der Waals surface area contributed by atoms with Gasteiger partial charge in [0, 0.05) is 24.3 Å². The molecule has 1 heterocycles. The highest BCUT2D eigenvalue weighted by molar-refractivity contribution is 6.11. The Labute approximate surface area is 204 Å². The number of carbonyl (C=O) groups is 2. The molecule has 0 fully saturated rings. The highest BCUT2D eigenvalue weighted by Crippen LogP contribution is 2.29. The fraction of sp³-hybridized carbons (Fsp3) is 0.179. The zero-order valence-corrected chi connectivity index (χ0v) is 19.7. The number of benzene rings is 3. The number of ether oxygens (including phenoxy) is 1. The molecular weight excluding hydrogens is 442 g/mol. The second kappa shape index (κ2) is 11.2. The van der Waals surface area contributed by atoms with Crippen LogP contribution >= 0.6 is 0 Å². The van der Waals surface area contributed by atoms with E-state index in [1.165, 1.54) is 6.39 Å². The summed E-state index contributed by atoms with van der Waals surface area (Å²) in [5.41, 5.74) is 2.77. The Balaban J connectivity index is 1.56. The first-order valence-corrected chi connectivity index (χ1v) is 11.5. The lowest BCUT2D eigenvalue weighted by molar-refractivity contribution is 0.0944. The number of oxazole rings is 1. The molecule has 2 amide bonds. The molecule has 7 heteroatoms. The molecule has 0 spiro atoms. The molecule has 1 aromatic heterocycles. The third kappa shape index (κ3) is 5.41. The van der Waals surface area contributed by atoms with Crippen molar-refractivity contribution in [1.82, 2.24) is 10.3 Å². The largest absolute Gasteiger partial charge is 0.494 e. The minimum Gasteiger partial charge on any atom is -0.494 e. The molecule has 0 saturated heterocycles. The third-order valence-corrected chi connectivity index (χ3v) is 5.50. The highest BCUT2D eigenvalue weighted by Gasteiger charge is 2.25. The van der Waals surface area contributed by atoms with Crippen LogP contribution in [0, 0.1) is 0 Å². The maximum atomic E-state index is 13.5. The van der Waals surface area contributed by atoms with Gasteiger partial charge in [-0.25, -0.2) is 4.98 Å². The van der Waals surface area contributed by atoms with E-state index in [1.54, 1.807) is 29.2 Å². The molecule has 0 aliphatic heterocycles. The molecule has 0 radical (unpaired) electrons. The molecule has 1 N–H and O–H groups in total. The van der Waals surface area contributed by atoms with Crippen LogP contribution in [0.4, 0.5) is 5.69 Å². The molecule has 0 unspecified atom stereocenters. The van der Waals surface area contributed by atoms with E-state index < -0.39 is 0 Å². The second-order valence-corrected chi connectivity index (χ2v) is 7.72. The number of para-hydroxylation sites is 1. The van der Waals surface area contributed by atoms with Crippen molar-refractivity contribution in [2.75, 3.05) is 18.1 Å². The van der Waals surface area contributed by atoms with Crippen LogP contribution in [0.5, 0.6) is 5.75 Å². The van der Waals surface area contributed by atoms with E-state index in [9.17, 15) is 9.59 Å². The zero-order valence-electron chi connectivity index (χ0n) is 19.7. The third-order valence-electron chi connectivity index (χ3n) is 5.50. The van der Waals surface area contributed by atoms with Gasteiger partial charge in [-0.3, -0.25) is 9.59 Å². The summed E-state index contributed by atoms with van der Waals surface area (Å²) in [5.74, 6) is 0.452. The Bertz CT molecular complexity index is 1280. The van der Waals surface area contributed by atoms with Crippen LogP contribution in [0.2, 0.25) is 0 Å². The van der Waals surface area contributed by atoms with E-state index in [-0.39, 0.29) is 23.3 Å². The SMILES string of the molecule is CCOc1ccc(CNC(=O)c2ncoc2-c2ccccc2C(=O)N(CC)c2ccccc2)cc1. The van der Waals surface area contributed by atoms with Crippen molar-refractivity contribution < 1.29 is 18.7 Å². The van der Waals surface area contributed by atoms with Crippen LogP contribution in [0.3, 0.4) is 0 Å². The summed E-state index contributed by atoms with van der Waals surface area (Å²) in [6, 6.07) is 24.1. The number of anilines is 1. The molecule has 0 aliphatic rings. The molecule has 178 valence electrons. The van der Waals surface area contributed by atoms with E-state index >= 15 is 0 Å². The lowest BCUT2D eigenvalue weighted by atomic mass is 10.0. The van der Waals surface area contributed by atoms with Crippen LogP contribution in [0.25, 0.3) is 11.3 Å². The lowest BCUT2D eigenvalue weighted by Crippen LogP contribution is -2.31. The average molecular weight is 470 g/mol. The number of rotatable bonds is 9. The van der Waals surface area contributed by atoms with E-state index in [1.807, 2.05) is 68.4 Å². The van der Waals surface area contributed by atoms with Gasteiger partial charge in [-0.1, -0.05) is 48.5 Å². The Morgan fingerprint density at radius 1 is 0.943 bits per heavy atom. The quantitative estimate of drug-likeness (QED) is 0.358. The summed E-state index contributed by atoms with van der Waals surface area (Å²) in [7, 11) is 0.